The number of nitrogens with zero attached hydrogens (tertiary/aromatic N) is 2. The second kappa shape index (κ2) is 16.2. The predicted molar refractivity (Wildman–Crippen MR) is 186 cm³/mol. The summed E-state index contributed by atoms with van der Waals surface area (Å²) in [5.74, 6) is -1.59. The third-order valence-corrected chi connectivity index (χ3v) is 11.4. The van der Waals surface area contributed by atoms with Gasteiger partial charge in [-0.05, 0) is 53.8 Å². The maximum Gasteiger partial charge on any atom is 0.433 e. The quantitative estimate of drug-likeness (QED) is 0.0365. The number of ether oxygens (including phenoxy) is 1. The van der Waals surface area contributed by atoms with Gasteiger partial charge in [0.2, 0.25) is 5.91 Å². The predicted octanol–water partition coefficient (Wildman–Crippen LogP) is 7.53. The number of unbranched alkanes of at least 4 members (excludes halogenated alkanes) is 1. The summed E-state index contributed by atoms with van der Waals surface area (Å²) < 4.78 is 63.1. The van der Waals surface area contributed by atoms with Crippen LogP contribution in [0.15, 0.2) is 89.3 Å². The number of halogens is 3. The van der Waals surface area contributed by atoms with E-state index in [0.29, 0.717) is 18.4 Å². The van der Waals surface area contributed by atoms with E-state index in [2.05, 4.69) is 5.32 Å². The molecular weight excluding hydrogens is 709 g/mol. The van der Waals surface area contributed by atoms with Gasteiger partial charge in [-0.15, -0.1) is 11.6 Å². The molecule has 0 fully saturated rings. The number of nitro groups is 1. The number of amides is 2. The van der Waals surface area contributed by atoms with E-state index in [1.807, 2.05) is 48.5 Å². The lowest BCUT2D eigenvalue weighted by molar-refractivity contribution is -0.402. The molecule has 3 N–H and O–H groups in total. The van der Waals surface area contributed by atoms with Crippen molar-refractivity contribution in [3.63, 3.8) is 0 Å². The number of carbonyl (C=O) groups is 2. The first-order chi connectivity index (χ1) is 24.4. The van der Waals surface area contributed by atoms with Crippen LogP contribution in [0.4, 0.5) is 19.5 Å². The average molecular weight is 745 g/mol. The van der Waals surface area contributed by atoms with Crippen molar-refractivity contribution in [3.05, 3.63) is 123 Å². The van der Waals surface area contributed by atoms with Gasteiger partial charge in [0.1, 0.15) is 29.9 Å². The van der Waals surface area contributed by atoms with Gasteiger partial charge in [0.25, 0.3) is 0 Å². The molecule has 1 unspecified atom stereocenters. The number of nitrogens with two attached hydrogens (primary N) is 1. The Morgan fingerprint density at radius 2 is 1.67 bits per heavy atom. The van der Waals surface area contributed by atoms with Gasteiger partial charge in [0.15, 0.2) is 0 Å². The highest BCUT2D eigenvalue weighted by Gasteiger charge is 2.56. The number of benzene rings is 3. The van der Waals surface area contributed by atoms with Gasteiger partial charge in [0, 0.05) is 30.3 Å². The van der Waals surface area contributed by atoms with E-state index in [1.54, 1.807) is 0 Å². The first-order valence-corrected chi connectivity index (χ1v) is 18.1. The fourth-order valence-corrected chi connectivity index (χ4v) is 8.06. The van der Waals surface area contributed by atoms with Crippen molar-refractivity contribution in [1.82, 2.24) is 9.99 Å². The summed E-state index contributed by atoms with van der Waals surface area (Å²) in [5, 5.41) is 13.4. The molecule has 1 aliphatic rings. The van der Waals surface area contributed by atoms with Crippen molar-refractivity contribution < 1.29 is 41.5 Å². The van der Waals surface area contributed by atoms with E-state index in [0.717, 1.165) is 45.1 Å². The van der Waals surface area contributed by atoms with Gasteiger partial charge >= 0.3 is 25.2 Å². The zero-order valence-corrected chi connectivity index (χ0v) is 29.2. The Balaban J connectivity index is 1.26. The summed E-state index contributed by atoms with van der Waals surface area (Å²) in [4.78, 5) is 35.3. The second-order valence-electron chi connectivity index (χ2n) is 11.9. The fourth-order valence-electron chi connectivity index (χ4n) is 5.90. The molecule has 5 rings (SSSR count). The van der Waals surface area contributed by atoms with Crippen LogP contribution in [-0.4, -0.2) is 53.7 Å². The number of furan rings is 1. The molecule has 2 atom stereocenters. The van der Waals surface area contributed by atoms with Crippen LogP contribution in [0.3, 0.4) is 0 Å². The van der Waals surface area contributed by atoms with Gasteiger partial charge in [-0.1, -0.05) is 72.8 Å². The molecule has 270 valence electrons. The molecule has 0 spiro atoms. The minimum atomic E-state index is -5.01. The maximum absolute atomic E-state index is 16.2. The Morgan fingerprint density at radius 1 is 1.04 bits per heavy atom. The van der Waals surface area contributed by atoms with Gasteiger partial charge in [-0.2, -0.15) is 8.78 Å². The lowest BCUT2D eigenvalue weighted by Gasteiger charge is -2.33. The van der Waals surface area contributed by atoms with Crippen LogP contribution in [0.25, 0.3) is 11.1 Å². The minimum Gasteiger partial charge on any atom is -0.449 e. The maximum atomic E-state index is 16.2. The molecule has 4 aromatic rings. The van der Waals surface area contributed by atoms with Gasteiger partial charge < -0.3 is 24.7 Å². The summed E-state index contributed by atoms with van der Waals surface area (Å²) in [6.07, 6.45) is -0.197. The molecular formula is C35H36ClF2N4O8P. The van der Waals surface area contributed by atoms with Crippen LogP contribution in [-0.2, 0) is 37.3 Å². The van der Waals surface area contributed by atoms with Crippen LogP contribution in [0.2, 0.25) is 0 Å². The number of alkyl halides is 3. The van der Waals surface area contributed by atoms with E-state index in [4.69, 9.17) is 31.0 Å². The lowest BCUT2D eigenvalue weighted by Crippen LogP contribution is -2.46. The molecule has 0 saturated carbocycles. The van der Waals surface area contributed by atoms with Gasteiger partial charge in [-0.25, -0.2) is 9.46 Å². The van der Waals surface area contributed by atoms with Crippen molar-refractivity contribution in [3.8, 4) is 11.1 Å². The van der Waals surface area contributed by atoms with Crippen LogP contribution >= 0.6 is 19.1 Å². The molecule has 0 bridgehead atoms. The first kappa shape index (κ1) is 37.6. The molecule has 1 heterocycles. The number of fused-ring (bicyclic) bond motifs is 3. The van der Waals surface area contributed by atoms with Crippen molar-refractivity contribution in [1.29, 1.82) is 0 Å². The van der Waals surface area contributed by atoms with Crippen molar-refractivity contribution in [2.75, 3.05) is 26.1 Å². The molecule has 0 saturated heterocycles. The average Bonchev–Trinajstić information content (AvgIpc) is 3.73. The highest BCUT2D eigenvalue weighted by atomic mass is 35.5. The van der Waals surface area contributed by atoms with Gasteiger partial charge in [-0.3, -0.25) is 19.5 Å². The van der Waals surface area contributed by atoms with Crippen LogP contribution in [0, 0.1) is 10.1 Å². The van der Waals surface area contributed by atoms with Crippen LogP contribution < -0.4 is 11.1 Å². The molecule has 1 aromatic heterocycles. The number of alkyl carbamates (subject to hydrolysis) is 1. The highest BCUT2D eigenvalue weighted by molar-refractivity contribution is 7.57. The Kier molecular flexibility index (Phi) is 11.9. The summed E-state index contributed by atoms with van der Waals surface area (Å²) >= 11 is 5.73. The van der Waals surface area contributed by atoms with Crippen molar-refractivity contribution >= 4 is 37.0 Å². The third kappa shape index (κ3) is 8.31. The zero-order valence-electron chi connectivity index (χ0n) is 27.5. The van der Waals surface area contributed by atoms with E-state index in [9.17, 15) is 24.3 Å². The van der Waals surface area contributed by atoms with Crippen LogP contribution in [0.5, 0.6) is 0 Å². The Hall–Kier alpha value is -4.62. The largest absolute Gasteiger partial charge is 0.449 e. The SMILES string of the molecule is CN(CCCCCl)P(=O)(OCc1ccc([N+](=O)[O-])o1)C(F)(F)c1ccc(C[C@H](NC(=O)OCC2c3ccccc3-c3ccccc32)C(N)=O)cc1. The normalized spacial score (nSPS) is 14.4. The van der Waals surface area contributed by atoms with E-state index < -0.39 is 54.2 Å². The standard InChI is InChI=1S/C35H36ClF2N4O8P/c1-41(19-7-6-18-36)51(47,49-21-25-16-17-32(50-25)42(45)46)35(37,38)24-14-12-23(13-15-24)20-31(33(39)43)40-34(44)48-22-30-28-10-4-2-8-26(28)27-9-3-5-11-29(27)30/h2-5,8-17,30-31H,6-7,18-22H2,1H3,(H2,39,43)(H,40,44)/t31-,51?/m0/s1. The van der Waals surface area contributed by atoms with Gasteiger partial charge in [0.05, 0.1) is 6.07 Å². The summed E-state index contributed by atoms with van der Waals surface area (Å²) in [6.45, 7) is -0.757. The molecule has 3 aromatic carbocycles. The van der Waals surface area contributed by atoms with E-state index >= 15 is 8.78 Å². The van der Waals surface area contributed by atoms with E-state index in [1.165, 1.54) is 25.2 Å². The molecule has 16 heteroatoms. The molecule has 0 radical (unpaired) electrons. The Bertz CT molecular complexity index is 1880. The van der Waals surface area contributed by atoms with E-state index in [-0.39, 0.29) is 37.1 Å². The summed E-state index contributed by atoms with van der Waals surface area (Å²) in [7, 11) is -3.78. The topological polar surface area (TPSA) is 167 Å². The number of primary amides is 1. The molecule has 2 amide bonds. The molecule has 51 heavy (non-hydrogen) atoms. The molecule has 1 aliphatic carbocycles. The fraction of sp³-hybridized carbons (Fsp3) is 0.314. The van der Waals surface area contributed by atoms with Crippen molar-refractivity contribution in [2.24, 2.45) is 5.73 Å². The monoisotopic (exact) mass is 744 g/mol. The number of carbonyl (C=O) groups excluding carboxylic acids is 2. The first-order valence-electron chi connectivity index (χ1n) is 16.0. The van der Waals surface area contributed by atoms with Crippen molar-refractivity contribution in [2.45, 2.75) is 43.5 Å². The Labute approximate surface area is 297 Å². The highest BCUT2D eigenvalue weighted by Crippen LogP contribution is 2.68. The molecule has 0 aliphatic heterocycles. The zero-order chi connectivity index (χ0) is 36.8. The number of hydrogen-bond acceptors (Lipinski definition) is 8. The second-order valence-corrected chi connectivity index (χ2v) is 14.9. The third-order valence-electron chi connectivity index (χ3n) is 8.60. The van der Waals surface area contributed by atoms with Crippen LogP contribution in [0.1, 0.15) is 46.8 Å². The minimum absolute atomic E-state index is 0.00832. The summed E-state index contributed by atoms with van der Waals surface area (Å²) in [5.41, 5.74) is 5.36. The number of rotatable bonds is 17. The Morgan fingerprint density at radius 3 is 2.24 bits per heavy atom. The number of hydrogen-bond donors (Lipinski definition) is 2. The number of nitrogens with one attached hydrogen (secondary N) is 1. The molecule has 12 nitrogen and oxygen atoms in total. The lowest BCUT2D eigenvalue weighted by atomic mass is 9.98. The summed E-state index contributed by atoms with van der Waals surface area (Å²) in [6, 6.07) is 21.3. The smallest absolute Gasteiger partial charge is 0.433 e.